The van der Waals surface area contributed by atoms with Gasteiger partial charge in [0.15, 0.2) is 0 Å². The normalized spacial score (nSPS) is 25.1. The maximum absolute atomic E-state index is 5.30. The van der Waals surface area contributed by atoms with E-state index in [0.717, 1.165) is 18.7 Å². The van der Waals surface area contributed by atoms with Crippen LogP contribution in [0, 0.1) is 5.92 Å². The summed E-state index contributed by atoms with van der Waals surface area (Å²) in [4.78, 5) is 4.41. The molecular formula is C11H13N3O2. The van der Waals surface area contributed by atoms with E-state index in [1.54, 1.807) is 12.5 Å². The summed E-state index contributed by atoms with van der Waals surface area (Å²) >= 11 is 0. The first-order valence-corrected chi connectivity index (χ1v) is 5.41. The average molecular weight is 219 g/mol. The molecule has 1 aliphatic heterocycles. The molecule has 0 aliphatic carbocycles. The molecule has 1 saturated heterocycles. The molecule has 0 spiro atoms. The van der Waals surface area contributed by atoms with Crippen molar-refractivity contribution in [2.45, 2.75) is 12.8 Å². The van der Waals surface area contributed by atoms with Gasteiger partial charge in [-0.05, 0) is 18.5 Å². The molecule has 3 rings (SSSR count). The lowest BCUT2D eigenvalue weighted by atomic mass is 9.98. The number of hydrogen-bond acceptors (Lipinski definition) is 5. The molecule has 16 heavy (non-hydrogen) atoms. The molecule has 0 bridgehead atoms. The summed E-state index contributed by atoms with van der Waals surface area (Å²) in [5, 5.41) is 7.28. The standard InChI is InChI=1S/C11H13N3O2/c1-7-4-12-5-9(7)11-13-10(14-16-11)8-2-3-15-6-8/h2-3,6-7,9,12H,4-5H2,1H3. The summed E-state index contributed by atoms with van der Waals surface area (Å²) in [5.41, 5.74) is 0.855. The third-order valence-corrected chi connectivity index (χ3v) is 3.06. The largest absolute Gasteiger partial charge is 0.472 e. The topological polar surface area (TPSA) is 64.1 Å². The molecule has 5 heteroatoms. The van der Waals surface area contributed by atoms with Crippen LogP contribution in [0.5, 0.6) is 0 Å². The van der Waals surface area contributed by atoms with Crippen molar-refractivity contribution in [3.8, 4) is 11.4 Å². The molecule has 2 aromatic heterocycles. The van der Waals surface area contributed by atoms with Gasteiger partial charge in [0.05, 0.1) is 17.7 Å². The van der Waals surface area contributed by atoms with Crippen LogP contribution >= 0.6 is 0 Å². The third-order valence-electron chi connectivity index (χ3n) is 3.06. The smallest absolute Gasteiger partial charge is 0.231 e. The van der Waals surface area contributed by atoms with E-state index in [-0.39, 0.29) is 0 Å². The molecule has 2 unspecified atom stereocenters. The van der Waals surface area contributed by atoms with Gasteiger partial charge in [0.1, 0.15) is 6.26 Å². The number of nitrogens with one attached hydrogen (secondary N) is 1. The first kappa shape index (κ1) is 9.59. The highest BCUT2D eigenvalue weighted by atomic mass is 16.5. The fourth-order valence-corrected chi connectivity index (χ4v) is 2.04. The van der Waals surface area contributed by atoms with Crippen molar-refractivity contribution >= 4 is 0 Å². The third kappa shape index (κ3) is 1.53. The Labute approximate surface area is 92.8 Å². The van der Waals surface area contributed by atoms with Crippen LogP contribution in [0.4, 0.5) is 0 Å². The maximum Gasteiger partial charge on any atom is 0.231 e. The van der Waals surface area contributed by atoms with Crippen LogP contribution in [-0.4, -0.2) is 23.2 Å². The van der Waals surface area contributed by atoms with Crippen LogP contribution in [0.3, 0.4) is 0 Å². The molecule has 2 atom stereocenters. The van der Waals surface area contributed by atoms with Crippen molar-refractivity contribution in [2.75, 3.05) is 13.1 Å². The molecule has 1 N–H and O–H groups in total. The molecule has 1 fully saturated rings. The van der Waals surface area contributed by atoms with Gasteiger partial charge in [-0.25, -0.2) is 0 Å². The fraction of sp³-hybridized carbons (Fsp3) is 0.455. The number of rotatable bonds is 2. The quantitative estimate of drug-likeness (QED) is 0.832. The molecule has 2 aromatic rings. The summed E-state index contributed by atoms with van der Waals surface area (Å²) in [6.07, 6.45) is 3.22. The van der Waals surface area contributed by atoms with Gasteiger partial charge in [-0.3, -0.25) is 0 Å². The van der Waals surface area contributed by atoms with Crippen molar-refractivity contribution in [3.63, 3.8) is 0 Å². The van der Waals surface area contributed by atoms with E-state index in [0.29, 0.717) is 23.6 Å². The molecule has 1 aliphatic rings. The minimum absolute atomic E-state index is 0.327. The molecule has 3 heterocycles. The van der Waals surface area contributed by atoms with Gasteiger partial charge >= 0.3 is 0 Å². The van der Waals surface area contributed by atoms with Crippen LogP contribution in [0.2, 0.25) is 0 Å². The van der Waals surface area contributed by atoms with Crippen molar-refractivity contribution < 1.29 is 8.94 Å². The highest BCUT2D eigenvalue weighted by Gasteiger charge is 2.29. The van der Waals surface area contributed by atoms with Crippen molar-refractivity contribution in [2.24, 2.45) is 5.92 Å². The highest BCUT2D eigenvalue weighted by molar-refractivity contribution is 5.51. The minimum atomic E-state index is 0.327. The average Bonchev–Trinajstić information content (AvgIpc) is 2.96. The SMILES string of the molecule is CC1CNCC1c1nc(-c2ccoc2)no1. The van der Waals surface area contributed by atoms with Gasteiger partial charge in [0.25, 0.3) is 0 Å². The Hall–Kier alpha value is -1.62. The van der Waals surface area contributed by atoms with Gasteiger partial charge in [0.2, 0.25) is 11.7 Å². The number of nitrogens with zero attached hydrogens (tertiary/aromatic N) is 2. The van der Waals surface area contributed by atoms with E-state index in [2.05, 4.69) is 22.4 Å². The van der Waals surface area contributed by atoms with E-state index in [9.17, 15) is 0 Å². The van der Waals surface area contributed by atoms with E-state index >= 15 is 0 Å². The van der Waals surface area contributed by atoms with Crippen LogP contribution < -0.4 is 5.32 Å². The van der Waals surface area contributed by atoms with Crippen molar-refractivity contribution in [3.05, 3.63) is 24.5 Å². The van der Waals surface area contributed by atoms with Gasteiger partial charge < -0.3 is 14.3 Å². The lowest BCUT2D eigenvalue weighted by Gasteiger charge is -2.07. The van der Waals surface area contributed by atoms with Crippen LogP contribution in [-0.2, 0) is 0 Å². The van der Waals surface area contributed by atoms with E-state index in [4.69, 9.17) is 8.94 Å². The zero-order valence-corrected chi connectivity index (χ0v) is 9.01. The Morgan fingerprint density at radius 3 is 3.06 bits per heavy atom. The van der Waals surface area contributed by atoms with E-state index < -0.39 is 0 Å². The summed E-state index contributed by atoms with van der Waals surface area (Å²) in [5.74, 6) is 2.18. The summed E-state index contributed by atoms with van der Waals surface area (Å²) in [6, 6.07) is 1.82. The second-order valence-electron chi connectivity index (χ2n) is 4.21. The summed E-state index contributed by atoms with van der Waals surface area (Å²) in [7, 11) is 0. The monoisotopic (exact) mass is 219 g/mol. The molecule has 0 amide bonds. The van der Waals surface area contributed by atoms with Crippen LogP contribution in [0.25, 0.3) is 11.4 Å². The fourth-order valence-electron chi connectivity index (χ4n) is 2.04. The van der Waals surface area contributed by atoms with Crippen molar-refractivity contribution in [1.82, 2.24) is 15.5 Å². The van der Waals surface area contributed by atoms with Gasteiger partial charge in [-0.2, -0.15) is 4.98 Å². The lowest BCUT2D eigenvalue weighted by Crippen LogP contribution is -2.08. The Balaban J connectivity index is 1.88. The van der Waals surface area contributed by atoms with E-state index in [1.807, 2.05) is 6.07 Å². The number of furan rings is 1. The summed E-state index contributed by atoms with van der Waals surface area (Å²) in [6.45, 7) is 4.11. The highest BCUT2D eigenvalue weighted by Crippen LogP contribution is 2.27. The number of aromatic nitrogens is 2. The van der Waals surface area contributed by atoms with Gasteiger partial charge in [-0.15, -0.1) is 0 Å². The lowest BCUT2D eigenvalue weighted by molar-refractivity contribution is 0.340. The predicted octanol–water partition coefficient (Wildman–Crippen LogP) is 1.65. The molecule has 84 valence electrons. The first-order valence-electron chi connectivity index (χ1n) is 5.41. The Morgan fingerprint density at radius 1 is 1.44 bits per heavy atom. The molecule has 0 saturated carbocycles. The van der Waals surface area contributed by atoms with E-state index in [1.165, 1.54) is 0 Å². The molecule has 5 nitrogen and oxygen atoms in total. The minimum Gasteiger partial charge on any atom is -0.472 e. The number of hydrogen-bond donors (Lipinski definition) is 1. The predicted molar refractivity (Wildman–Crippen MR) is 56.8 cm³/mol. The molecule has 0 aromatic carbocycles. The Kier molecular flexibility index (Phi) is 2.25. The second-order valence-corrected chi connectivity index (χ2v) is 4.21. The van der Waals surface area contributed by atoms with Gasteiger partial charge in [-0.1, -0.05) is 12.1 Å². The van der Waals surface area contributed by atoms with Crippen LogP contribution in [0.1, 0.15) is 18.7 Å². The zero-order valence-electron chi connectivity index (χ0n) is 9.01. The Morgan fingerprint density at radius 2 is 2.38 bits per heavy atom. The van der Waals surface area contributed by atoms with Gasteiger partial charge in [0, 0.05) is 6.54 Å². The maximum atomic E-state index is 5.30. The zero-order chi connectivity index (χ0) is 11.0. The Bertz CT molecular complexity index is 463. The molecular weight excluding hydrogens is 206 g/mol. The van der Waals surface area contributed by atoms with Crippen LogP contribution in [0.15, 0.2) is 27.5 Å². The molecule has 0 radical (unpaired) electrons. The van der Waals surface area contributed by atoms with Crippen molar-refractivity contribution in [1.29, 1.82) is 0 Å². The first-order chi connectivity index (χ1) is 7.84. The second kappa shape index (κ2) is 3.75. The summed E-state index contributed by atoms with van der Waals surface area (Å²) < 4.78 is 10.3.